The highest BCUT2D eigenvalue weighted by Crippen LogP contribution is 2.28. The second-order valence-corrected chi connectivity index (χ2v) is 6.99. The lowest BCUT2D eigenvalue weighted by Gasteiger charge is -2.36. The minimum atomic E-state index is -0.0808. The lowest BCUT2D eigenvalue weighted by atomic mass is 10.0. The van der Waals surface area contributed by atoms with Gasteiger partial charge >= 0.3 is 12.1 Å². The second kappa shape index (κ2) is 7.70. The summed E-state index contributed by atoms with van der Waals surface area (Å²) in [6.45, 7) is 2.80. The lowest BCUT2D eigenvalue weighted by Crippen LogP contribution is -2.48. The van der Waals surface area contributed by atoms with Gasteiger partial charge in [0.15, 0.2) is 0 Å². The molecule has 2 saturated heterocycles. The van der Waals surface area contributed by atoms with E-state index in [0.717, 1.165) is 42.7 Å². The van der Waals surface area contributed by atoms with Crippen LogP contribution in [0.5, 0.6) is 0 Å². The summed E-state index contributed by atoms with van der Waals surface area (Å²) in [6, 6.07) is 18.1. The van der Waals surface area contributed by atoms with E-state index in [0.29, 0.717) is 13.1 Å². The molecule has 6 nitrogen and oxygen atoms in total. The smallest absolute Gasteiger partial charge is 0.321 e. The summed E-state index contributed by atoms with van der Waals surface area (Å²) in [7, 11) is 0. The van der Waals surface area contributed by atoms with Crippen molar-refractivity contribution in [1.29, 1.82) is 0 Å². The van der Waals surface area contributed by atoms with Crippen LogP contribution in [-0.4, -0.2) is 54.1 Å². The molecular formula is C21H24N4O2. The van der Waals surface area contributed by atoms with Crippen molar-refractivity contribution in [2.75, 3.05) is 31.5 Å². The molecule has 27 heavy (non-hydrogen) atoms. The number of nitrogens with one attached hydrogen (secondary N) is 2. The van der Waals surface area contributed by atoms with Crippen LogP contribution >= 0.6 is 0 Å². The van der Waals surface area contributed by atoms with Crippen LogP contribution in [0.2, 0.25) is 0 Å². The summed E-state index contributed by atoms with van der Waals surface area (Å²) >= 11 is 0. The molecule has 0 aliphatic carbocycles. The van der Waals surface area contributed by atoms with Gasteiger partial charge < -0.3 is 20.4 Å². The zero-order chi connectivity index (χ0) is 18.6. The molecule has 2 aromatic carbocycles. The summed E-state index contributed by atoms with van der Waals surface area (Å²) in [4.78, 5) is 28.3. The molecule has 4 amide bonds. The van der Waals surface area contributed by atoms with E-state index in [4.69, 9.17) is 0 Å². The van der Waals surface area contributed by atoms with Crippen molar-refractivity contribution in [2.24, 2.45) is 0 Å². The second-order valence-electron chi connectivity index (χ2n) is 6.99. The van der Waals surface area contributed by atoms with Gasteiger partial charge in [0.05, 0.1) is 5.69 Å². The molecule has 0 atom stereocenters. The third-order valence-corrected chi connectivity index (χ3v) is 5.34. The Hall–Kier alpha value is -3.02. The summed E-state index contributed by atoms with van der Waals surface area (Å²) in [5, 5.41) is 5.92. The number of urea groups is 2. The van der Waals surface area contributed by atoms with E-state index < -0.39 is 0 Å². The molecule has 2 N–H and O–H groups in total. The molecule has 2 aliphatic rings. The van der Waals surface area contributed by atoms with Crippen LogP contribution in [-0.2, 0) is 0 Å². The van der Waals surface area contributed by atoms with E-state index in [1.54, 1.807) is 0 Å². The Bertz CT molecular complexity index is 816. The predicted octanol–water partition coefficient (Wildman–Crippen LogP) is 3.38. The molecule has 2 aliphatic heterocycles. The number of hydrogen-bond donors (Lipinski definition) is 2. The molecule has 0 bridgehead atoms. The van der Waals surface area contributed by atoms with Crippen molar-refractivity contribution in [1.82, 2.24) is 15.1 Å². The first-order valence-corrected chi connectivity index (χ1v) is 9.47. The van der Waals surface area contributed by atoms with Crippen LogP contribution in [0.15, 0.2) is 54.6 Å². The highest BCUT2D eigenvalue weighted by atomic mass is 16.2. The molecule has 2 fully saturated rings. The minimum Gasteiger partial charge on any atom is -0.336 e. The maximum Gasteiger partial charge on any atom is 0.321 e. The first-order valence-electron chi connectivity index (χ1n) is 9.47. The van der Waals surface area contributed by atoms with Gasteiger partial charge in [-0.05, 0) is 24.5 Å². The number of hydrogen-bond acceptors (Lipinski definition) is 2. The van der Waals surface area contributed by atoms with Gasteiger partial charge in [-0.1, -0.05) is 48.5 Å². The summed E-state index contributed by atoms with van der Waals surface area (Å²) in [6.07, 6.45) is 1.64. The van der Waals surface area contributed by atoms with Crippen molar-refractivity contribution in [2.45, 2.75) is 18.9 Å². The lowest BCUT2D eigenvalue weighted by molar-refractivity contribution is 0.147. The normalized spacial score (nSPS) is 17.7. The van der Waals surface area contributed by atoms with Crippen molar-refractivity contribution < 1.29 is 9.59 Å². The molecule has 0 saturated carbocycles. The predicted molar refractivity (Wildman–Crippen MR) is 106 cm³/mol. The third-order valence-electron chi connectivity index (χ3n) is 5.34. The van der Waals surface area contributed by atoms with Crippen LogP contribution in [0.1, 0.15) is 12.8 Å². The van der Waals surface area contributed by atoms with Crippen LogP contribution < -0.4 is 10.6 Å². The summed E-state index contributed by atoms with van der Waals surface area (Å²) < 4.78 is 0. The van der Waals surface area contributed by atoms with E-state index >= 15 is 0 Å². The number of nitrogens with zero attached hydrogens (tertiary/aromatic N) is 2. The van der Waals surface area contributed by atoms with Gasteiger partial charge in [-0.3, -0.25) is 0 Å². The van der Waals surface area contributed by atoms with E-state index in [-0.39, 0.29) is 18.1 Å². The number of benzene rings is 2. The van der Waals surface area contributed by atoms with Crippen LogP contribution in [0.4, 0.5) is 15.3 Å². The Kier molecular flexibility index (Phi) is 4.96. The molecule has 0 aromatic heterocycles. The van der Waals surface area contributed by atoms with Crippen molar-refractivity contribution in [3.63, 3.8) is 0 Å². The zero-order valence-corrected chi connectivity index (χ0v) is 15.2. The van der Waals surface area contributed by atoms with Crippen molar-refractivity contribution >= 4 is 17.7 Å². The Morgan fingerprint density at radius 2 is 1.67 bits per heavy atom. The average Bonchev–Trinajstić information content (AvgIpc) is 3.15. The maximum absolute atomic E-state index is 12.8. The number of piperidine rings is 1. The van der Waals surface area contributed by atoms with Crippen LogP contribution in [0.25, 0.3) is 11.1 Å². The van der Waals surface area contributed by atoms with Gasteiger partial charge in [-0.15, -0.1) is 0 Å². The molecule has 0 radical (unpaired) electrons. The fraction of sp³-hybridized carbons (Fsp3) is 0.333. The molecule has 2 heterocycles. The number of carbonyl (C=O) groups excluding carboxylic acids is 2. The average molecular weight is 364 g/mol. The Morgan fingerprint density at radius 3 is 2.37 bits per heavy atom. The number of carbonyl (C=O) groups is 2. The number of anilines is 1. The highest BCUT2D eigenvalue weighted by Gasteiger charge is 2.31. The first-order chi connectivity index (χ1) is 13.2. The van der Waals surface area contributed by atoms with E-state index in [1.165, 1.54) is 0 Å². The Balaban J connectivity index is 1.40. The van der Waals surface area contributed by atoms with Gasteiger partial charge in [0.25, 0.3) is 0 Å². The quantitative estimate of drug-likeness (QED) is 0.877. The first kappa shape index (κ1) is 17.4. The minimum absolute atomic E-state index is 0.0229. The van der Waals surface area contributed by atoms with Gasteiger partial charge in [0, 0.05) is 37.8 Å². The SMILES string of the molecule is O=C(Nc1ccccc1-c1ccccc1)N1CCC(N2CCNC2=O)CC1. The Morgan fingerprint density at radius 1 is 0.963 bits per heavy atom. The summed E-state index contributed by atoms with van der Waals surface area (Å²) in [5.74, 6) is 0. The largest absolute Gasteiger partial charge is 0.336 e. The van der Waals surface area contributed by atoms with E-state index in [1.807, 2.05) is 64.4 Å². The number of rotatable bonds is 3. The molecular weight excluding hydrogens is 340 g/mol. The summed E-state index contributed by atoms with van der Waals surface area (Å²) in [5.41, 5.74) is 2.90. The molecule has 0 unspecified atom stereocenters. The fourth-order valence-corrected chi connectivity index (χ4v) is 3.87. The van der Waals surface area contributed by atoms with Crippen molar-refractivity contribution in [3.8, 4) is 11.1 Å². The maximum atomic E-state index is 12.8. The van der Waals surface area contributed by atoms with E-state index in [9.17, 15) is 9.59 Å². The number of para-hydroxylation sites is 1. The highest BCUT2D eigenvalue weighted by molar-refractivity contribution is 5.94. The molecule has 140 valence electrons. The van der Waals surface area contributed by atoms with Gasteiger partial charge in [-0.2, -0.15) is 0 Å². The van der Waals surface area contributed by atoms with Crippen LogP contribution in [0.3, 0.4) is 0 Å². The van der Waals surface area contributed by atoms with Crippen LogP contribution in [0, 0.1) is 0 Å². The van der Waals surface area contributed by atoms with Crippen molar-refractivity contribution in [3.05, 3.63) is 54.6 Å². The number of amides is 4. The topological polar surface area (TPSA) is 64.7 Å². The standard InChI is InChI=1S/C21H24N4O2/c26-20-22-12-15-25(20)17-10-13-24(14-11-17)21(27)23-19-9-5-4-8-18(19)16-6-2-1-3-7-16/h1-9,17H,10-15H2,(H,22,26)(H,23,27). The van der Waals surface area contributed by atoms with E-state index in [2.05, 4.69) is 10.6 Å². The van der Waals surface area contributed by atoms with Gasteiger partial charge in [0.1, 0.15) is 0 Å². The zero-order valence-electron chi connectivity index (χ0n) is 15.2. The fourth-order valence-electron chi connectivity index (χ4n) is 3.87. The third kappa shape index (κ3) is 3.74. The van der Waals surface area contributed by atoms with Gasteiger partial charge in [0.2, 0.25) is 0 Å². The molecule has 0 spiro atoms. The number of likely N-dealkylation sites (tertiary alicyclic amines) is 1. The monoisotopic (exact) mass is 364 g/mol. The van der Waals surface area contributed by atoms with Gasteiger partial charge in [-0.25, -0.2) is 9.59 Å². The molecule has 2 aromatic rings. The molecule has 4 rings (SSSR count). The Labute approximate surface area is 159 Å². The molecule has 6 heteroatoms.